The Labute approximate surface area is 158 Å². The lowest BCUT2D eigenvalue weighted by molar-refractivity contribution is -0.137. The number of alkyl halides is 3. The van der Waals surface area contributed by atoms with Gasteiger partial charge in [-0.05, 0) is 35.4 Å². The average Bonchev–Trinajstić information content (AvgIpc) is 2.66. The van der Waals surface area contributed by atoms with Crippen LogP contribution in [0.1, 0.15) is 28.4 Å². The van der Waals surface area contributed by atoms with Crippen molar-refractivity contribution in [1.82, 2.24) is 5.32 Å². The first-order valence-corrected chi connectivity index (χ1v) is 8.05. The van der Waals surface area contributed by atoms with Crippen LogP contribution in [0.4, 0.5) is 13.2 Å². The first kappa shape index (κ1) is 20.9. The van der Waals surface area contributed by atoms with Crippen LogP contribution in [0.3, 0.4) is 0 Å². The molecule has 0 bridgehead atoms. The van der Waals surface area contributed by atoms with Crippen LogP contribution in [0.5, 0.6) is 0 Å². The van der Waals surface area contributed by atoms with E-state index in [9.17, 15) is 27.9 Å². The number of halogens is 3. The number of hydrogen-bond donors (Lipinski definition) is 3. The Morgan fingerprint density at radius 2 is 1.82 bits per heavy atom. The van der Waals surface area contributed by atoms with Crippen LogP contribution in [0, 0.1) is 11.3 Å². The molecule has 0 heterocycles. The molecule has 0 fully saturated rings. The first-order chi connectivity index (χ1) is 13.1. The number of carbonyl (C=O) groups excluding carboxylic acids is 2. The summed E-state index contributed by atoms with van der Waals surface area (Å²) in [6.45, 7) is 0. The summed E-state index contributed by atoms with van der Waals surface area (Å²) in [7, 11) is 0. The number of rotatable bonds is 6. The number of amides is 2. The van der Waals surface area contributed by atoms with Crippen molar-refractivity contribution in [3.05, 3.63) is 70.8 Å². The van der Waals surface area contributed by atoms with Crippen molar-refractivity contribution in [3.8, 4) is 6.07 Å². The molecular weight excluding hydrogens is 375 g/mol. The van der Waals surface area contributed by atoms with Crippen LogP contribution in [0.15, 0.2) is 48.5 Å². The zero-order valence-electron chi connectivity index (χ0n) is 14.4. The molecule has 0 aromatic heterocycles. The van der Waals surface area contributed by atoms with Gasteiger partial charge in [0.15, 0.2) is 6.10 Å². The van der Waals surface area contributed by atoms with Gasteiger partial charge >= 0.3 is 6.18 Å². The molecule has 0 saturated carbocycles. The van der Waals surface area contributed by atoms with Crippen molar-refractivity contribution in [2.75, 3.05) is 0 Å². The number of primary amides is 1. The summed E-state index contributed by atoms with van der Waals surface area (Å²) in [5, 5.41) is 21.3. The number of carbonyl (C=O) groups is 2. The van der Waals surface area contributed by atoms with E-state index < -0.39 is 35.7 Å². The second-order valence-electron chi connectivity index (χ2n) is 6.00. The highest BCUT2D eigenvalue weighted by Crippen LogP contribution is 2.30. The summed E-state index contributed by atoms with van der Waals surface area (Å²) in [5.74, 6) is -1.85. The summed E-state index contributed by atoms with van der Waals surface area (Å²) in [6.07, 6.45) is -6.34. The van der Waals surface area contributed by atoms with Gasteiger partial charge in [0.25, 0.3) is 5.91 Å². The van der Waals surface area contributed by atoms with E-state index in [-0.39, 0.29) is 12.0 Å². The van der Waals surface area contributed by atoms with E-state index in [0.717, 1.165) is 24.3 Å². The van der Waals surface area contributed by atoms with Gasteiger partial charge in [0.2, 0.25) is 5.91 Å². The summed E-state index contributed by atoms with van der Waals surface area (Å²) >= 11 is 0. The predicted octanol–water partition coefficient (Wildman–Crippen LogP) is 1.82. The van der Waals surface area contributed by atoms with E-state index >= 15 is 0 Å². The van der Waals surface area contributed by atoms with Crippen molar-refractivity contribution in [2.45, 2.75) is 24.7 Å². The van der Waals surface area contributed by atoms with Gasteiger partial charge in [-0.2, -0.15) is 18.4 Å². The monoisotopic (exact) mass is 391 g/mol. The molecule has 0 unspecified atom stereocenters. The Bertz CT molecular complexity index is 905. The van der Waals surface area contributed by atoms with E-state index in [1.807, 2.05) is 6.07 Å². The Hall–Kier alpha value is -3.38. The third-order valence-corrected chi connectivity index (χ3v) is 3.96. The molecule has 4 N–H and O–H groups in total. The van der Waals surface area contributed by atoms with Gasteiger partial charge in [-0.3, -0.25) is 9.59 Å². The average molecular weight is 391 g/mol. The Kier molecular flexibility index (Phi) is 6.38. The van der Waals surface area contributed by atoms with Crippen molar-refractivity contribution >= 4 is 11.8 Å². The van der Waals surface area contributed by atoms with Crippen LogP contribution < -0.4 is 11.1 Å². The lowest BCUT2D eigenvalue weighted by Crippen LogP contribution is -2.47. The summed E-state index contributed by atoms with van der Waals surface area (Å²) < 4.78 is 37.8. The largest absolute Gasteiger partial charge is 0.416 e. The minimum Gasteiger partial charge on any atom is -0.378 e. The van der Waals surface area contributed by atoms with Gasteiger partial charge in [-0.15, -0.1) is 0 Å². The highest BCUT2D eigenvalue weighted by atomic mass is 19.4. The molecule has 2 aromatic rings. The standard InChI is InChI=1S/C19H16F3N3O3/c20-19(21,22)14-6-4-13(5-7-14)16(26)18(28)25-15(17(24)27)9-11-2-1-3-12(8-11)10-23/h1-8,15-16,26H,9H2,(H2,24,27)(H,25,28)/t15-,16+/m1/s1. The van der Waals surface area contributed by atoms with Gasteiger partial charge < -0.3 is 16.2 Å². The lowest BCUT2D eigenvalue weighted by atomic mass is 10.0. The number of benzene rings is 2. The Balaban J connectivity index is 2.10. The fourth-order valence-electron chi connectivity index (χ4n) is 2.48. The molecular formula is C19H16F3N3O3. The molecule has 146 valence electrons. The number of nitrogens with zero attached hydrogens (tertiary/aromatic N) is 1. The SMILES string of the molecule is N#Cc1cccc(C[C@@H](NC(=O)[C@@H](O)c2ccc(C(F)(F)F)cc2)C(N)=O)c1. The van der Waals surface area contributed by atoms with Crippen molar-refractivity contribution in [1.29, 1.82) is 5.26 Å². The minimum absolute atomic E-state index is 0.0175. The van der Waals surface area contributed by atoms with Crippen LogP contribution in [0.25, 0.3) is 0 Å². The molecule has 6 nitrogen and oxygen atoms in total. The van der Waals surface area contributed by atoms with Crippen molar-refractivity contribution < 1.29 is 27.9 Å². The zero-order chi connectivity index (χ0) is 20.9. The van der Waals surface area contributed by atoms with Crippen LogP contribution >= 0.6 is 0 Å². The number of nitrogens with one attached hydrogen (secondary N) is 1. The normalized spacial score (nSPS) is 13.2. The van der Waals surface area contributed by atoms with E-state index in [0.29, 0.717) is 11.1 Å². The first-order valence-electron chi connectivity index (χ1n) is 8.05. The van der Waals surface area contributed by atoms with Crippen LogP contribution in [-0.4, -0.2) is 23.0 Å². The fourth-order valence-corrected chi connectivity index (χ4v) is 2.48. The van der Waals surface area contributed by atoms with Gasteiger partial charge in [-0.1, -0.05) is 24.3 Å². The summed E-state index contributed by atoms with van der Waals surface area (Å²) in [4.78, 5) is 23.9. The quantitative estimate of drug-likeness (QED) is 0.696. The van der Waals surface area contributed by atoms with Gasteiger partial charge in [0.1, 0.15) is 6.04 Å². The zero-order valence-corrected chi connectivity index (χ0v) is 14.4. The van der Waals surface area contributed by atoms with Gasteiger partial charge in [-0.25, -0.2) is 0 Å². The minimum atomic E-state index is -4.54. The van der Waals surface area contributed by atoms with E-state index in [4.69, 9.17) is 11.0 Å². The maximum Gasteiger partial charge on any atom is 0.416 e. The lowest BCUT2D eigenvalue weighted by Gasteiger charge is -2.19. The van der Waals surface area contributed by atoms with E-state index in [1.165, 1.54) is 6.07 Å². The molecule has 28 heavy (non-hydrogen) atoms. The van der Waals surface area contributed by atoms with Crippen molar-refractivity contribution in [2.24, 2.45) is 5.73 Å². The maximum absolute atomic E-state index is 12.6. The van der Waals surface area contributed by atoms with E-state index in [1.54, 1.807) is 18.2 Å². The number of hydrogen-bond acceptors (Lipinski definition) is 4. The molecule has 2 aromatic carbocycles. The number of aliphatic hydroxyl groups is 1. The second kappa shape index (κ2) is 8.54. The topological polar surface area (TPSA) is 116 Å². The molecule has 0 aliphatic carbocycles. The highest BCUT2D eigenvalue weighted by molar-refractivity contribution is 5.89. The van der Waals surface area contributed by atoms with Gasteiger partial charge in [0.05, 0.1) is 17.2 Å². The predicted molar refractivity (Wildman–Crippen MR) is 92.4 cm³/mol. The molecule has 0 aliphatic rings. The molecule has 2 atom stereocenters. The van der Waals surface area contributed by atoms with Crippen LogP contribution in [0.2, 0.25) is 0 Å². The molecule has 0 radical (unpaired) electrons. The molecule has 2 rings (SSSR count). The van der Waals surface area contributed by atoms with Gasteiger partial charge in [0, 0.05) is 6.42 Å². The molecule has 0 spiro atoms. The maximum atomic E-state index is 12.6. The third kappa shape index (κ3) is 5.31. The number of aliphatic hydroxyl groups excluding tert-OH is 1. The molecule has 0 saturated heterocycles. The molecule has 2 amide bonds. The second-order valence-corrected chi connectivity index (χ2v) is 6.00. The number of nitriles is 1. The summed E-state index contributed by atoms with van der Waals surface area (Å²) in [5.41, 5.74) is 5.22. The van der Waals surface area contributed by atoms with Crippen molar-refractivity contribution in [3.63, 3.8) is 0 Å². The van der Waals surface area contributed by atoms with Crippen LogP contribution in [-0.2, 0) is 22.2 Å². The molecule has 0 aliphatic heterocycles. The number of nitrogens with two attached hydrogens (primary N) is 1. The summed E-state index contributed by atoms with van der Waals surface area (Å²) in [6, 6.07) is 10.5. The fraction of sp³-hybridized carbons (Fsp3) is 0.211. The highest BCUT2D eigenvalue weighted by Gasteiger charge is 2.31. The smallest absolute Gasteiger partial charge is 0.378 e. The Morgan fingerprint density at radius 3 is 2.36 bits per heavy atom. The Morgan fingerprint density at radius 1 is 1.18 bits per heavy atom. The molecule has 9 heteroatoms. The third-order valence-electron chi connectivity index (χ3n) is 3.96. The van der Waals surface area contributed by atoms with E-state index in [2.05, 4.69) is 5.32 Å².